The van der Waals surface area contributed by atoms with Crippen molar-refractivity contribution in [2.75, 3.05) is 13.4 Å². The molecule has 2 nitrogen and oxygen atoms in total. The van der Waals surface area contributed by atoms with Crippen LogP contribution in [0.3, 0.4) is 0 Å². The third kappa shape index (κ3) is 3.35. The van der Waals surface area contributed by atoms with Gasteiger partial charge in [0.25, 0.3) is 0 Å². The van der Waals surface area contributed by atoms with Gasteiger partial charge in [-0.15, -0.1) is 11.6 Å². The number of benzene rings is 1. The Morgan fingerprint density at radius 3 is 2.88 bits per heavy atom. The van der Waals surface area contributed by atoms with Gasteiger partial charge in [0.2, 0.25) is 0 Å². The van der Waals surface area contributed by atoms with Crippen molar-refractivity contribution in [2.45, 2.75) is 18.7 Å². The Morgan fingerprint density at radius 2 is 2.19 bits per heavy atom. The summed E-state index contributed by atoms with van der Waals surface area (Å²) in [5.74, 6) is 1.23. The maximum atomic E-state index is 12.9. The van der Waals surface area contributed by atoms with Crippen LogP contribution in [0.25, 0.3) is 0 Å². The standard InChI is InChI=1S/C12H14ClFO2/c13-6-10-5-11(14)3-4-12(10)16-8-15-7-9-1-2-9/h3-5,9H,1-2,6-8H2. The van der Waals surface area contributed by atoms with Gasteiger partial charge < -0.3 is 9.47 Å². The van der Waals surface area contributed by atoms with Crippen molar-refractivity contribution < 1.29 is 13.9 Å². The van der Waals surface area contributed by atoms with Crippen LogP contribution < -0.4 is 4.74 Å². The molecule has 0 N–H and O–H groups in total. The molecule has 88 valence electrons. The van der Waals surface area contributed by atoms with Crippen molar-refractivity contribution in [3.05, 3.63) is 29.6 Å². The minimum atomic E-state index is -0.304. The molecule has 0 spiro atoms. The lowest BCUT2D eigenvalue weighted by atomic mass is 10.2. The molecule has 16 heavy (non-hydrogen) atoms. The smallest absolute Gasteiger partial charge is 0.189 e. The van der Waals surface area contributed by atoms with E-state index in [1.165, 1.54) is 25.0 Å². The van der Waals surface area contributed by atoms with E-state index in [9.17, 15) is 4.39 Å². The van der Waals surface area contributed by atoms with Gasteiger partial charge in [-0.05, 0) is 37.0 Å². The van der Waals surface area contributed by atoms with E-state index in [-0.39, 0.29) is 18.5 Å². The summed E-state index contributed by atoms with van der Waals surface area (Å²) >= 11 is 5.69. The molecule has 1 aromatic rings. The summed E-state index contributed by atoms with van der Waals surface area (Å²) < 4.78 is 23.6. The highest BCUT2D eigenvalue weighted by molar-refractivity contribution is 6.17. The molecule has 0 aromatic heterocycles. The molecule has 1 fully saturated rings. The maximum Gasteiger partial charge on any atom is 0.189 e. The Morgan fingerprint density at radius 1 is 1.38 bits per heavy atom. The molecule has 0 unspecified atom stereocenters. The summed E-state index contributed by atoms with van der Waals surface area (Å²) in [5, 5.41) is 0. The van der Waals surface area contributed by atoms with Gasteiger partial charge >= 0.3 is 0 Å². The first kappa shape index (κ1) is 11.7. The molecule has 0 radical (unpaired) electrons. The van der Waals surface area contributed by atoms with E-state index in [2.05, 4.69) is 0 Å². The topological polar surface area (TPSA) is 18.5 Å². The van der Waals surface area contributed by atoms with Crippen LogP contribution in [-0.4, -0.2) is 13.4 Å². The van der Waals surface area contributed by atoms with E-state index in [1.54, 1.807) is 6.07 Å². The van der Waals surface area contributed by atoms with Crippen molar-refractivity contribution in [3.63, 3.8) is 0 Å². The van der Waals surface area contributed by atoms with Gasteiger partial charge in [0.15, 0.2) is 6.79 Å². The lowest BCUT2D eigenvalue weighted by Gasteiger charge is -2.10. The summed E-state index contributed by atoms with van der Waals surface area (Å²) in [6, 6.07) is 4.31. The Hall–Kier alpha value is -0.800. The Bertz CT molecular complexity index is 353. The second-order valence-electron chi connectivity index (χ2n) is 3.96. The maximum absolute atomic E-state index is 12.9. The highest BCUT2D eigenvalue weighted by Gasteiger charge is 2.21. The normalized spacial score (nSPS) is 15.1. The number of hydrogen-bond donors (Lipinski definition) is 0. The predicted octanol–water partition coefficient (Wildman–Crippen LogP) is 3.33. The minimum absolute atomic E-state index is 0.200. The summed E-state index contributed by atoms with van der Waals surface area (Å²) in [6.07, 6.45) is 2.51. The monoisotopic (exact) mass is 244 g/mol. The van der Waals surface area contributed by atoms with Crippen molar-refractivity contribution in [1.29, 1.82) is 0 Å². The van der Waals surface area contributed by atoms with Crippen LogP contribution in [0.2, 0.25) is 0 Å². The van der Waals surface area contributed by atoms with Gasteiger partial charge in [-0.25, -0.2) is 4.39 Å². The average molecular weight is 245 g/mol. The van der Waals surface area contributed by atoms with Crippen LogP contribution in [0.5, 0.6) is 5.75 Å². The second kappa shape index (κ2) is 5.51. The van der Waals surface area contributed by atoms with E-state index in [0.29, 0.717) is 17.2 Å². The first-order chi connectivity index (χ1) is 7.79. The average Bonchev–Trinajstić information content (AvgIpc) is 3.09. The SMILES string of the molecule is Fc1ccc(OCOCC2CC2)c(CCl)c1. The molecular weight excluding hydrogens is 231 g/mol. The molecular formula is C12H14ClFO2. The van der Waals surface area contributed by atoms with Gasteiger partial charge in [0.05, 0.1) is 12.5 Å². The van der Waals surface area contributed by atoms with Crippen LogP contribution >= 0.6 is 11.6 Å². The van der Waals surface area contributed by atoms with Crippen LogP contribution in [0.4, 0.5) is 4.39 Å². The molecule has 1 aliphatic carbocycles. The Labute approximate surface area is 99.3 Å². The Balaban J connectivity index is 1.82. The van der Waals surface area contributed by atoms with E-state index < -0.39 is 0 Å². The van der Waals surface area contributed by atoms with Gasteiger partial charge in [-0.1, -0.05) is 0 Å². The van der Waals surface area contributed by atoms with Gasteiger partial charge in [0, 0.05) is 5.56 Å². The highest BCUT2D eigenvalue weighted by Crippen LogP contribution is 2.29. The molecule has 1 saturated carbocycles. The second-order valence-corrected chi connectivity index (χ2v) is 4.23. The lowest BCUT2D eigenvalue weighted by molar-refractivity contribution is 0.00953. The van der Waals surface area contributed by atoms with Crippen LogP contribution in [-0.2, 0) is 10.6 Å². The molecule has 0 bridgehead atoms. The van der Waals surface area contributed by atoms with Crippen molar-refractivity contribution in [1.82, 2.24) is 0 Å². The summed E-state index contributed by atoms with van der Waals surface area (Å²) in [7, 11) is 0. The molecule has 4 heteroatoms. The summed E-state index contributed by atoms with van der Waals surface area (Å²) in [4.78, 5) is 0. The van der Waals surface area contributed by atoms with Crippen LogP contribution in [0.1, 0.15) is 18.4 Å². The molecule has 2 rings (SSSR count). The molecule has 1 aromatic carbocycles. The van der Waals surface area contributed by atoms with Crippen LogP contribution in [0.15, 0.2) is 18.2 Å². The fourth-order valence-corrected chi connectivity index (χ4v) is 1.61. The van der Waals surface area contributed by atoms with E-state index >= 15 is 0 Å². The zero-order chi connectivity index (χ0) is 11.4. The number of hydrogen-bond acceptors (Lipinski definition) is 2. The number of rotatable bonds is 6. The predicted molar refractivity (Wildman–Crippen MR) is 60.1 cm³/mol. The zero-order valence-electron chi connectivity index (χ0n) is 8.92. The number of halogens is 2. The first-order valence-corrected chi connectivity index (χ1v) is 5.88. The molecule has 0 aliphatic heterocycles. The molecule has 0 atom stereocenters. The summed E-state index contributed by atoms with van der Waals surface area (Å²) in [6.45, 7) is 0.948. The fourth-order valence-electron chi connectivity index (χ4n) is 1.40. The number of ether oxygens (including phenoxy) is 2. The largest absolute Gasteiger partial charge is 0.467 e. The van der Waals surface area contributed by atoms with E-state index in [1.807, 2.05) is 0 Å². The lowest BCUT2D eigenvalue weighted by Crippen LogP contribution is -2.06. The van der Waals surface area contributed by atoms with Gasteiger partial charge in [-0.2, -0.15) is 0 Å². The van der Waals surface area contributed by atoms with Crippen molar-refractivity contribution in [3.8, 4) is 5.75 Å². The Kier molecular flexibility index (Phi) is 4.02. The highest BCUT2D eigenvalue weighted by atomic mass is 35.5. The molecule has 0 heterocycles. The third-order valence-electron chi connectivity index (χ3n) is 2.51. The van der Waals surface area contributed by atoms with Crippen LogP contribution in [0, 0.1) is 11.7 Å². The molecule has 0 saturated heterocycles. The van der Waals surface area contributed by atoms with Gasteiger partial charge in [-0.3, -0.25) is 0 Å². The van der Waals surface area contributed by atoms with E-state index in [4.69, 9.17) is 21.1 Å². The number of alkyl halides is 1. The third-order valence-corrected chi connectivity index (χ3v) is 2.80. The summed E-state index contributed by atoms with van der Waals surface area (Å²) in [5.41, 5.74) is 0.650. The minimum Gasteiger partial charge on any atom is -0.467 e. The van der Waals surface area contributed by atoms with Gasteiger partial charge in [0.1, 0.15) is 11.6 Å². The van der Waals surface area contributed by atoms with Crippen molar-refractivity contribution in [2.24, 2.45) is 5.92 Å². The van der Waals surface area contributed by atoms with Crippen molar-refractivity contribution >= 4 is 11.6 Å². The molecule has 0 amide bonds. The fraction of sp³-hybridized carbons (Fsp3) is 0.500. The van der Waals surface area contributed by atoms with E-state index in [0.717, 1.165) is 6.61 Å². The zero-order valence-corrected chi connectivity index (χ0v) is 9.67. The quantitative estimate of drug-likeness (QED) is 0.434. The first-order valence-electron chi connectivity index (χ1n) is 5.34. The molecule has 1 aliphatic rings.